The maximum Gasteiger partial charge on any atom is 0.119 e. The molecule has 1 aromatic rings. The fraction of sp³-hybridized carbons (Fsp3) is 0.667. The van der Waals surface area contributed by atoms with Crippen molar-refractivity contribution in [2.75, 3.05) is 19.8 Å². The lowest BCUT2D eigenvalue weighted by Gasteiger charge is -2.11. The SMILES string of the molecule is c1cc(CNC2CC2)cc(OCCOCC2CCCC2)c1. The molecule has 0 heterocycles. The van der Waals surface area contributed by atoms with E-state index in [0.29, 0.717) is 13.2 Å². The topological polar surface area (TPSA) is 30.5 Å². The van der Waals surface area contributed by atoms with Crippen molar-refractivity contribution in [3.63, 3.8) is 0 Å². The lowest BCUT2D eigenvalue weighted by molar-refractivity contribution is 0.0754. The van der Waals surface area contributed by atoms with Crippen molar-refractivity contribution in [2.45, 2.75) is 51.1 Å². The molecule has 0 saturated heterocycles. The van der Waals surface area contributed by atoms with Crippen molar-refractivity contribution in [3.8, 4) is 5.75 Å². The predicted octanol–water partition coefficient (Wildman–Crippen LogP) is 3.52. The largest absolute Gasteiger partial charge is 0.491 e. The summed E-state index contributed by atoms with van der Waals surface area (Å²) in [7, 11) is 0. The molecule has 0 bridgehead atoms. The van der Waals surface area contributed by atoms with Crippen LogP contribution in [0.3, 0.4) is 0 Å². The second-order valence-electron chi connectivity index (χ2n) is 6.38. The summed E-state index contributed by atoms with van der Waals surface area (Å²) in [4.78, 5) is 0. The summed E-state index contributed by atoms with van der Waals surface area (Å²) < 4.78 is 11.5. The first-order valence-electron chi connectivity index (χ1n) is 8.43. The summed E-state index contributed by atoms with van der Waals surface area (Å²) in [6.45, 7) is 3.20. The Morgan fingerprint density at radius 2 is 1.90 bits per heavy atom. The molecule has 2 saturated carbocycles. The van der Waals surface area contributed by atoms with Gasteiger partial charge in [0.25, 0.3) is 0 Å². The number of ether oxygens (including phenoxy) is 2. The summed E-state index contributed by atoms with van der Waals surface area (Å²) in [5.74, 6) is 1.75. The summed E-state index contributed by atoms with van der Waals surface area (Å²) in [6.07, 6.45) is 8.11. The molecule has 0 atom stereocenters. The molecule has 21 heavy (non-hydrogen) atoms. The molecule has 2 aliphatic carbocycles. The van der Waals surface area contributed by atoms with Gasteiger partial charge in [-0.2, -0.15) is 0 Å². The second kappa shape index (κ2) is 7.81. The van der Waals surface area contributed by atoms with E-state index in [0.717, 1.165) is 30.9 Å². The van der Waals surface area contributed by atoms with E-state index >= 15 is 0 Å². The van der Waals surface area contributed by atoms with E-state index in [4.69, 9.17) is 9.47 Å². The van der Waals surface area contributed by atoms with Gasteiger partial charge in [-0.3, -0.25) is 0 Å². The molecule has 0 aliphatic heterocycles. The smallest absolute Gasteiger partial charge is 0.119 e. The number of nitrogens with one attached hydrogen (secondary N) is 1. The van der Waals surface area contributed by atoms with Crippen molar-refractivity contribution < 1.29 is 9.47 Å². The second-order valence-corrected chi connectivity index (χ2v) is 6.38. The van der Waals surface area contributed by atoms with Crippen LogP contribution in [0.2, 0.25) is 0 Å². The molecular weight excluding hydrogens is 262 g/mol. The predicted molar refractivity (Wildman–Crippen MR) is 84.6 cm³/mol. The van der Waals surface area contributed by atoms with E-state index in [2.05, 4.69) is 23.5 Å². The van der Waals surface area contributed by atoms with E-state index < -0.39 is 0 Å². The summed E-state index contributed by atoms with van der Waals surface area (Å²) in [6, 6.07) is 9.13. The monoisotopic (exact) mass is 289 g/mol. The summed E-state index contributed by atoms with van der Waals surface area (Å²) in [5, 5.41) is 3.53. The van der Waals surface area contributed by atoms with Crippen molar-refractivity contribution in [1.29, 1.82) is 0 Å². The average molecular weight is 289 g/mol. The van der Waals surface area contributed by atoms with Crippen LogP contribution in [0.15, 0.2) is 24.3 Å². The van der Waals surface area contributed by atoms with Crippen LogP contribution >= 0.6 is 0 Å². The highest BCUT2D eigenvalue weighted by Gasteiger charge is 2.19. The van der Waals surface area contributed by atoms with Gasteiger partial charge in [0.05, 0.1) is 6.61 Å². The zero-order valence-electron chi connectivity index (χ0n) is 12.9. The minimum atomic E-state index is 0.645. The standard InChI is InChI=1S/C18H27NO2/c1-2-5-15(4-1)14-20-10-11-21-18-7-3-6-16(12-18)13-19-17-8-9-17/h3,6-7,12,15,17,19H,1-2,4-5,8-11,13-14H2. The van der Waals surface area contributed by atoms with Gasteiger partial charge in [-0.1, -0.05) is 25.0 Å². The lowest BCUT2D eigenvalue weighted by atomic mass is 10.1. The molecule has 2 fully saturated rings. The van der Waals surface area contributed by atoms with Gasteiger partial charge in [-0.15, -0.1) is 0 Å². The highest BCUT2D eigenvalue weighted by Crippen LogP contribution is 2.24. The minimum absolute atomic E-state index is 0.645. The zero-order chi connectivity index (χ0) is 14.3. The molecule has 0 aromatic heterocycles. The fourth-order valence-electron chi connectivity index (χ4n) is 2.94. The third-order valence-corrected chi connectivity index (χ3v) is 4.40. The van der Waals surface area contributed by atoms with Crippen LogP contribution in [0, 0.1) is 5.92 Å². The van der Waals surface area contributed by atoms with Crippen LogP contribution in [-0.4, -0.2) is 25.9 Å². The molecule has 1 aromatic carbocycles. The Hall–Kier alpha value is -1.06. The van der Waals surface area contributed by atoms with Crippen LogP contribution in [0.4, 0.5) is 0 Å². The van der Waals surface area contributed by atoms with Gasteiger partial charge in [0.15, 0.2) is 0 Å². The molecule has 3 nitrogen and oxygen atoms in total. The highest BCUT2D eigenvalue weighted by atomic mass is 16.5. The van der Waals surface area contributed by atoms with Crippen LogP contribution < -0.4 is 10.1 Å². The van der Waals surface area contributed by atoms with Crippen molar-refractivity contribution in [1.82, 2.24) is 5.32 Å². The van der Waals surface area contributed by atoms with Gasteiger partial charge in [-0.25, -0.2) is 0 Å². The third-order valence-electron chi connectivity index (χ3n) is 4.40. The Kier molecular flexibility index (Phi) is 5.53. The lowest BCUT2D eigenvalue weighted by Crippen LogP contribution is -2.15. The quantitative estimate of drug-likeness (QED) is 0.706. The molecule has 3 heteroatoms. The van der Waals surface area contributed by atoms with Crippen LogP contribution in [0.1, 0.15) is 44.1 Å². The first-order chi connectivity index (χ1) is 10.4. The Labute approximate surface area is 128 Å². The van der Waals surface area contributed by atoms with E-state index in [9.17, 15) is 0 Å². The maximum atomic E-state index is 5.78. The fourth-order valence-corrected chi connectivity index (χ4v) is 2.94. The van der Waals surface area contributed by atoms with Crippen molar-refractivity contribution in [3.05, 3.63) is 29.8 Å². The number of hydrogen-bond acceptors (Lipinski definition) is 3. The first kappa shape index (κ1) is 14.9. The third kappa shape index (κ3) is 5.33. The van der Waals surface area contributed by atoms with Crippen LogP contribution in [0.25, 0.3) is 0 Å². The molecule has 3 rings (SSSR count). The number of benzene rings is 1. The van der Waals surface area contributed by atoms with E-state index in [1.54, 1.807) is 0 Å². The van der Waals surface area contributed by atoms with Gasteiger partial charge in [0, 0.05) is 19.2 Å². The Balaban J connectivity index is 1.31. The van der Waals surface area contributed by atoms with Gasteiger partial charge in [0.1, 0.15) is 12.4 Å². The summed E-state index contributed by atoms with van der Waals surface area (Å²) >= 11 is 0. The Bertz CT molecular complexity index is 425. The Morgan fingerprint density at radius 1 is 1.05 bits per heavy atom. The van der Waals surface area contributed by atoms with Gasteiger partial charge < -0.3 is 14.8 Å². The van der Waals surface area contributed by atoms with Gasteiger partial charge >= 0.3 is 0 Å². The normalized spacial score (nSPS) is 19.0. The van der Waals surface area contributed by atoms with Crippen molar-refractivity contribution >= 4 is 0 Å². The molecule has 1 N–H and O–H groups in total. The van der Waals surface area contributed by atoms with Gasteiger partial charge in [-0.05, 0) is 49.3 Å². The zero-order valence-corrected chi connectivity index (χ0v) is 12.9. The molecule has 0 spiro atoms. The highest BCUT2D eigenvalue weighted by molar-refractivity contribution is 5.28. The van der Waals surface area contributed by atoms with Gasteiger partial charge in [0.2, 0.25) is 0 Å². The number of hydrogen-bond donors (Lipinski definition) is 1. The maximum absolute atomic E-state index is 5.78. The van der Waals surface area contributed by atoms with E-state index in [-0.39, 0.29) is 0 Å². The summed E-state index contributed by atoms with van der Waals surface area (Å²) in [5.41, 5.74) is 1.30. The Morgan fingerprint density at radius 3 is 2.71 bits per heavy atom. The molecule has 0 amide bonds. The molecular formula is C18H27NO2. The van der Waals surface area contributed by atoms with E-state index in [1.807, 2.05) is 6.07 Å². The van der Waals surface area contributed by atoms with E-state index in [1.165, 1.54) is 44.1 Å². The average Bonchev–Trinajstić information content (AvgIpc) is 3.20. The molecule has 0 unspecified atom stereocenters. The molecule has 2 aliphatic rings. The molecule has 116 valence electrons. The van der Waals surface area contributed by atoms with Crippen LogP contribution in [0.5, 0.6) is 5.75 Å². The minimum Gasteiger partial charge on any atom is -0.491 e. The first-order valence-corrected chi connectivity index (χ1v) is 8.43. The van der Waals surface area contributed by atoms with Crippen molar-refractivity contribution in [2.24, 2.45) is 5.92 Å². The van der Waals surface area contributed by atoms with Crippen LogP contribution in [-0.2, 0) is 11.3 Å². The number of rotatable bonds is 9. The molecule has 0 radical (unpaired) electrons.